The number of benzene rings is 3. The molecule has 2 N–H and O–H groups in total. The topological polar surface area (TPSA) is 71.3 Å². The number of carboxylic acids is 1. The number of fused-ring (bicyclic) bond motifs is 1. The van der Waals surface area contributed by atoms with Crippen LogP contribution in [0.15, 0.2) is 77.7 Å². The number of halogens is 1. The molecule has 180 valence electrons. The summed E-state index contributed by atoms with van der Waals surface area (Å²) in [5.41, 5.74) is 2.85. The molecule has 1 aromatic heterocycles. The third-order valence-corrected chi connectivity index (χ3v) is 6.16. The molecule has 0 radical (unpaired) electrons. The smallest absolute Gasteiger partial charge is 0.341 e. The first-order valence-electron chi connectivity index (χ1n) is 12.0. The fourth-order valence-electron chi connectivity index (χ4n) is 4.23. The number of nitrogens with zero attached hydrogens (tertiary/aromatic N) is 1. The van der Waals surface area contributed by atoms with Gasteiger partial charge in [0.2, 0.25) is 5.43 Å². The molecule has 1 heterocycles. The Bertz CT molecular complexity index is 1380. The molecule has 0 bridgehead atoms. The third kappa shape index (κ3) is 5.60. The minimum absolute atomic E-state index is 0.0554. The summed E-state index contributed by atoms with van der Waals surface area (Å²) in [5, 5.41) is 12.8. The van der Waals surface area contributed by atoms with Crippen molar-refractivity contribution in [1.82, 2.24) is 4.57 Å². The monoisotopic (exact) mass is 472 g/mol. The summed E-state index contributed by atoms with van der Waals surface area (Å²) in [6.45, 7) is 3.10. The van der Waals surface area contributed by atoms with Crippen molar-refractivity contribution in [2.24, 2.45) is 0 Å². The van der Waals surface area contributed by atoms with E-state index in [0.29, 0.717) is 24.3 Å². The largest absolute Gasteiger partial charge is 0.477 e. The van der Waals surface area contributed by atoms with Crippen LogP contribution < -0.4 is 10.7 Å². The van der Waals surface area contributed by atoms with Crippen LogP contribution in [0.4, 0.5) is 10.1 Å². The van der Waals surface area contributed by atoms with Crippen molar-refractivity contribution in [3.63, 3.8) is 0 Å². The maximum Gasteiger partial charge on any atom is 0.341 e. The van der Waals surface area contributed by atoms with Gasteiger partial charge < -0.3 is 15.0 Å². The van der Waals surface area contributed by atoms with Gasteiger partial charge in [0.1, 0.15) is 11.4 Å². The lowest BCUT2D eigenvalue weighted by molar-refractivity contribution is 0.0695. The number of rotatable bonds is 10. The maximum atomic E-state index is 14.8. The lowest BCUT2D eigenvalue weighted by Gasteiger charge is -2.15. The number of aromatic nitrogens is 1. The quantitative estimate of drug-likeness (QED) is 0.257. The molecule has 0 saturated carbocycles. The van der Waals surface area contributed by atoms with Crippen LogP contribution in [0.25, 0.3) is 22.0 Å². The molecule has 0 aliphatic carbocycles. The molecule has 0 unspecified atom stereocenters. The van der Waals surface area contributed by atoms with Gasteiger partial charge in [-0.25, -0.2) is 9.18 Å². The van der Waals surface area contributed by atoms with E-state index in [2.05, 4.69) is 12.2 Å². The number of carbonyl (C=O) groups is 1. The van der Waals surface area contributed by atoms with E-state index in [1.165, 1.54) is 6.20 Å². The van der Waals surface area contributed by atoms with E-state index in [1.807, 2.05) is 54.6 Å². The van der Waals surface area contributed by atoms with E-state index in [1.54, 1.807) is 10.6 Å². The molecule has 0 amide bonds. The zero-order valence-electron chi connectivity index (χ0n) is 19.8. The van der Waals surface area contributed by atoms with Gasteiger partial charge in [-0.05, 0) is 35.2 Å². The normalized spacial score (nSPS) is 11.0. The number of hydrogen-bond donors (Lipinski definition) is 2. The second-order valence-electron chi connectivity index (χ2n) is 8.70. The first-order chi connectivity index (χ1) is 17.0. The molecular formula is C29H29FN2O3. The van der Waals surface area contributed by atoms with E-state index >= 15 is 0 Å². The fourth-order valence-corrected chi connectivity index (χ4v) is 4.23. The summed E-state index contributed by atoms with van der Waals surface area (Å²) in [5.74, 6) is -1.89. The average Bonchev–Trinajstić information content (AvgIpc) is 2.87. The SMILES string of the molecule is CCCCCCNc1cc2c(cc1F)c(=O)c(C(=O)O)cn2Cc1ccc(-c2ccccc2)cc1. The molecule has 5 nitrogen and oxygen atoms in total. The van der Waals surface area contributed by atoms with Crippen LogP contribution in [-0.4, -0.2) is 22.2 Å². The molecule has 4 rings (SSSR count). The van der Waals surface area contributed by atoms with Crippen molar-refractivity contribution in [3.05, 3.63) is 100 Å². The number of anilines is 1. The minimum atomic E-state index is -1.33. The highest BCUT2D eigenvalue weighted by Gasteiger charge is 2.17. The van der Waals surface area contributed by atoms with Crippen molar-refractivity contribution in [2.75, 3.05) is 11.9 Å². The molecule has 0 atom stereocenters. The standard InChI is InChI=1S/C29H29FN2O3/c1-2-3-4-8-15-31-26-17-27-23(16-25(26)30)28(33)24(29(34)35)19-32(27)18-20-11-13-22(14-12-20)21-9-6-5-7-10-21/h5-7,9-14,16-17,19,31H,2-4,8,15,18H2,1H3,(H,34,35). The number of hydrogen-bond acceptors (Lipinski definition) is 3. The lowest BCUT2D eigenvalue weighted by atomic mass is 10.0. The van der Waals surface area contributed by atoms with Crippen LogP contribution in [0.5, 0.6) is 0 Å². The molecular weight excluding hydrogens is 443 g/mol. The van der Waals surface area contributed by atoms with E-state index in [-0.39, 0.29) is 10.9 Å². The van der Waals surface area contributed by atoms with Crippen LogP contribution in [0.2, 0.25) is 0 Å². The molecule has 0 aliphatic rings. The molecule has 4 aromatic rings. The zero-order valence-corrected chi connectivity index (χ0v) is 19.8. The van der Waals surface area contributed by atoms with Gasteiger partial charge in [0.15, 0.2) is 0 Å². The number of aromatic carboxylic acids is 1. The third-order valence-electron chi connectivity index (χ3n) is 6.16. The van der Waals surface area contributed by atoms with Gasteiger partial charge in [0.25, 0.3) is 0 Å². The van der Waals surface area contributed by atoms with Gasteiger partial charge >= 0.3 is 5.97 Å². The van der Waals surface area contributed by atoms with E-state index < -0.39 is 17.2 Å². The Kier molecular flexibility index (Phi) is 7.60. The molecule has 3 aromatic carbocycles. The Labute approximate surface area is 203 Å². The lowest BCUT2D eigenvalue weighted by Crippen LogP contribution is -2.20. The molecule has 0 saturated heterocycles. The van der Waals surface area contributed by atoms with Gasteiger partial charge in [0.05, 0.1) is 11.2 Å². The highest BCUT2D eigenvalue weighted by Crippen LogP contribution is 2.24. The van der Waals surface area contributed by atoms with Crippen molar-refractivity contribution in [1.29, 1.82) is 0 Å². The van der Waals surface area contributed by atoms with Gasteiger partial charge in [-0.15, -0.1) is 0 Å². The molecule has 35 heavy (non-hydrogen) atoms. The number of carboxylic acid groups (broad SMARTS) is 1. The Balaban J connectivity index is 1.69. The summed E-state index contributed by atoms with van der Waals surface area (Å²) in [6, 6.07) is 20.7. The number of pyridine rings is 1. The van der Waals surface area contributed by atoms with E-state index in [0.717, 1.165) is 48.4 Å². The first-order valence-corrected chi connectivity index (χ1v) is 12.0. The molecule has 0 aliphatic heterocycles. The number of unbranched alkanes of at least 4 members (excludes halogenated alkanes) is 3. The average molecular weight is 473 g/mol. The van der Waals surface area contributed by atoms with Crippen LogP contribution >= 0.6 is 0 Å². The summed E-state index contributed by atoms with van der Waals surface area (Å²) in [7, 11) is 0. The Morgan fingerprint density at radius 1 is 0.971 bits per heavy atom. The van der Waals surface area contributed by atoms with Gasteiger partial charge in [-0.2, -0.15) is 0 Å². The molecule has 0 spiro atoms. The van der Waals surface area contributed by atoms with Crippen molar-refractivity contribution in [3.8, 4) is 11.1 Å². The maximum absolute atomic E-state index is 14.8. The van der Waals surface area contributed by atoms with Gasteiger partial charge in [-0.1, -0.05) is 80.8 Å². The van der Waals surface area contributed by atoms with Gasteiger partial charge in [-0.3, -0.25) is 4.79 Å². The Morgan fingerprint density at radius 3 is 2.37 bits per heavy atom. The van der Waals surface area contributed by atoms with Crippen molar-refractivity contribution >= 4 is 22.6 Å². The zero-order chi connectivity index (χ0) is 24.8. The van der Waals surface area contributed by atoms with Crippen LogP contribution in [0, 0.1) is 5.82 Å². The van der Waals surface area contributed by atoms with Crippen molar-refractivity contribution in [2.45, 2.75) is 39.2 Å². The fraction of sp³-hybridized carbons (Fsp3) is 0.241. The highest BCUT2D eigenvalue weighted by atomic mass is 19.1. The molecule has 0 fully saturated rings. The van der Waals surface area contributed by atoms with E-state index in [4.69, 9.17) is 0 Å². The summed E-state index contributed by atoms with van der Waals surface area (Å²) >= 11 is 0. The van der Waals surface area contributed by atoms with E-state index in [9.17, 15) is 19.1 Å². The van der Waals surface area contributed by atoms with Crippen LogP contribution in [0.3, 0.4) is 0 Å². The molecule has 6 heteroatoms. The van der Waals surface area contributed by atoms with Gasteiger partial charge in [0, 0.05) is 24.7 Å². The first kappa shape index (κ1) is 24.2. The second kappa shape index (κ2) is 11.0. The van der Waals surface area contributed by atoms with Crippen LogP contribution in [0.1, 0.15) is 48.5 Å². The summed E-state index contributed by atoms with van der Waals surface area (Å²) in [6.07, 6.45) is 5.58. The Hall–Kier alpha value is -3.93. The predicted molar refractivity (Wildman–Crippen MR) is 139 cm³/mol. The number of nitrogens with one attached hydrogen (secondary N) is 1. The predicted octanol–water partition coefficient (Wildman–Crippen LogP) is 6.55. The minimum Gasteiger partial charge on any atom is -0.477 e. The summed E-state index contributed by atoms with van der Waals surface area (Å²) < 4.78 is 16.5. The summed E-state index contributed by atoms with van der Waals surface area (Å²) in [4.78, 5) is 24.5. The van der Waals surface area contributed by atoms with Crippen molar-refractivity contribution < 1.29 is 14.3 Å². The Morgan fingerprint density at radius 2 is 1.69 bits per heavy atom. The highest BCUT2D eigenvalue weighted by molar-refractivity contribution is 5.93. The van der Waals surface area contributed by atoms with Crippen LogP contribution in [-0.2, 0) is 6.54 Å². The second-order valence-corrected chi connectivity index (χ2v) is 8.70.